The first kappa shape index (κ1) is 31.1. The van der Waals surface area contributed by atoms with Gasteiger partial charge < -0.3 is 25.7 Å². The highest BCUT2D eigenvalue weighted by molar-refractivity contribution is 8.00. The van der Waals surface area contributed by atoms with Crippen molar-refractivity contribution in [2.24, 2.45) is 0 Å². The van der Waals surface area contributed by atoms with Gasteiger partial charge in [0.05, 0.1) is 11.9 Å². The van der Waals surface area contributed by atoms with Crippen molar-refractivity contribution in [1.29, 1.82) is 0 Å². The molecule has 3 aromatic rings. The maximum atomic E-state index is 13.8. The molecule has 222 valence electrons. The lowest BCUT2D eigenvalue weighted by molar-refractivity contribution is -0.147. The molecule has 3 atom stereocenters. The lowest BCUT2D eigenvalue weighted by Gasteiger charge is -2.33. The molecule has 42 heavy (non-hydrogen) atoms. The Morgan fingerprint density at radius 3 is 2.50 bits per heavy atom. The SMILES string of the molecule is Cc1ccc(F)cc1CNC(=O)[C@H]1N(C(=O)[C@@H](O)[C@H](Cc2ccccc2)NC(=O)c2cccc(O)c2C)CSC1(C)C. The van der Waals surface area contributed by atoms with E-state index in [9.17, 15) is 29.0 Å². The number of aliphatic hydroxyl groups is 1. The van der Waals surface area contributed by atoms with Gasteiger partial charge in [-0.1, -0.05) is 42.5 Å². The van der Waals surface area contributed by atoms with E-state index < -0.39 is 46.5 Å². The van der Waals surface area contributed by atoms with Gasteiger partial charge in [-0.25, -0.2) is 4.39 Å². The molecule has 0 saturated carbocycles. The Balaban J connectivity index is 1.56. The number of halogens is 1. The highest BCUT2D eigenvalue weighted by Crippen LogP contribution is 2.40. The zero-order valence-electron chi connectivity index (χ0n) is 24.1. The third kappa shape index (κ3) is 6.94. The van der Waals surface area contributed by atoms with Crippen LogP contribution in [0.2, 0.25) is 0 Å². The Bertz CT molecular complexity index is 1470. The van der Waals surface area contributed by atoms with Crippen LogP contribution >= 0.6 is 11.8 Å². The van der Waals surface area contributed by atoms with Crippen molar-refractivity contribution in [2.45, 2.75) is 63.6 Å². The number of aliphatic hydroxyl groups excluding tert-OH is 1. The second-order valence-corrected chi connectivity index (χ2v) is 12.6. The Morgan fingerprint density at radius 2 is 1.79 bits per heavy atom. The van der Waals surface area contributed by atoms with Crippen LogP contribution in [-0.2, 0) is 22.6 Å². The van der Waals surface area contributed by atoms with Gasteiger partial charge in [-0.3, -0.25) is 14.4 Å². The maximum absolute atomic E-state index is 13.8. The minimum absolute atomic E-state index is 0.0440. The molecule has 4 N–H and O–H groups in total. The van der Waals surface area contributed by atoms with Gasteiger partial charge in [0, 0.05) is 22.4 Å². The number of benzene rings is 3. The summed E-state index contributed by atoms with van der Waals surface area (Å²) >= 11 is 1.41. The lowest BCUT2D eigenvalue weighted by Crippen LogP contribution is -2.58. The van der Waals surface area contributed by atoms with E-state index >= 15 is 0 Å². The monoisotopic (exact) mass is 593 g/mol. The number of hydrogen-bond acceptors (Lipinski definition) is 6. The molecule has 4 rings (SSSR count). The van der Waals surface area contributed by atoms with Crippen LogP contribution in [0.4, 0.5) is 4.39 Å². The number of carbonyl (C=O) groups is 3. The summed E-state index contributed by atoms with van der Waals surface area (Å²) in [6.45, 7) is 7.21. The molecule has 1 aliphatic rings. The summed E-state index contributed by atoms with van der Waals surface area (Å²) < 4.78 is 13.1. The maximum Gasteiger partial charge on any atom is 0.254 e. The molecular weight excluding hydrogens is 557 g/mol. The minimum atomic E-state index is -1.66. The molecule has 1 aliphatic heterocycles. The zero-order chi connectivity index (χ0) is 30.6. The number of aryl methyl sites for hydroxylation is 1. The van der Waals surface area contributed by atoms with Gasteiger partial charge in [0.2, 0.25) is 5.91 Å². The van der Waals surface area contributed by atoms with E-state index in [1.165, 1.54) is 34.9 Å². The van der Waals surface area contributed by atoms with Crippen molar-refractivity contribution in [3.63, 3.8) is 0 Å². The molecule has 1 heterocycles. The van der Waals surface area contributed by atoms with Crippen LogP contribution in [0.25, 0.3) is 0 Å². The largest absolute Gasteiger partial charge is 0.508 e. The predicted molar refractivity (Wildman–Crippen MR) is 160 cm³/mol. The zero-order valence-corrected chi connectivity index (χ0v) is 24.9. The molecule has 0 aliphatic carbocycles. The van der Waals surface area contributed by atoms with Crippen LogP contribution in [0.15, 0.2) is 66.7 Å². The van der Waals surface area contributed by atoms with E-state index in [-0.39, 0.29) is 30.2 Å². The van der Waals surface area contributed by atoms with Gasteiger partial charge in [-0.05, 0) is 75.1 Å². The molecule has 3 amide bonds. The third-order valence-electron chi connectivity index (χ3n) is 7.64. The van der Waals surface area contributed by atoms with Gasteiger partial charge in [0.15, 0.2) is 6.10 Å². The van der Waals surface area contributed by atoms with Gasteiger partial charge >= 0.3 is 0 Å². The minimum Gasteiger partial charge on any atom is -0.508 e. The first-order chi connectivity index (χ1) is 19.9. The molecule has 8 nitrogen and oxygen atoms in total. The van der Waals surface area contributed by atoms with Crippen LogP contribution in [0.1, 0.15) is 46.5 Å². The highest BCUT2D eigenvalue weighted by atomic mass is 32.2. The van der Waals surface area contributed by atoms with Crippen molar-refractivity contribution >= 4 is 29.5 Å². The number of thioether (sulfide) groups is 1. The summed E-state index contributed by atoms with van der Waals surface area (Å²) in [5.74, 6) is -1.95. The number of nitrogens with zero attached hydrogens (tertiary/aromatic N) is 1. The smallest absolute Gasteiger partial charge is 0.254 e. The Kier molecular flexibility index (Phi) is 9.58. The van der Waals surface area contributed by atoms with Crippen LogP contribution in [0, 0.1) is 19.7 Å². The summed E-state index contributed by atoms with van der Waals surface area (Å²) in [4.78, 5) is 41.9. The van der Waals surface area contributed by atoms with E-state index in [0.717, 1.165) is 11.1 Å². The normalized spacial score (nSPS) is 17.4. The van der Waals surface area contributed by atoms with Crippen LogP contribution in [-0.4, -0.2) is 61.6 Å². The number of phenols is 1. The van der Waals surface area contributed by atoms with Crippen molar-refractivity contribution < 1.29 is 29.0 Å². The molecule has 1 saturated heterocycles. The second kappa shape index (κ2) is 13.0. The molecule has 10 heteroatoms. The summed E-state index contributed by atoms with van der Waals surface area (Å²) in [5.41, 5.74) is 2.82. The number of phenolic OH excluding ortho intramolecular Hbond substituents is 1. The average Bonchev–Trinajstić information content (AvgIpc) is 3.28. The first-order valence-electron chi connectivity index (χ1n) is 13.7. The fourth-order valence-corrected chi connectivity index (χ4v) is 6.23. The second-order valence-electron chi connectivity index (χ2n) is 11.0. The molecule has 0 bridgehead atoms. The van der Waals surface area contributed by atoms with E-state index in [0.29, 0.717) is 11.1 Å². The fourth-order valence-electron chi connectivity index (χ4n) is 5.09. The molecule has 0 aromatic heterocycles. The number of nitrogens with one attached hydrogen (secondary N) is 2. The molecule has 0 radical (unpaired) electrons. The van der Waals surface area contributed by atoms with Crippen molar-refractivity contribution in [2.75, 3.05) is 5.88 Å². The van der Waals surface area contributed by atoms with E-state index in [4.69, 9.17) is 0 Å². The van der Waals surface area contributed by atoms with E-state index in [1.807, 2.05) is 51.1 Å². The van der Waals surface area contributed by atoms with E-state index in [2.05, 4.69) is 10.6 Å². The number of amides is 3. The van der Waals surface area contributed by atoms with Crippen LogP contribution in [0.5, 0.6) is 5.75 Å². The summed E-state index contributed by atoms with van der Waals surface area (Å²) in [6.07, 6.45) is -1.51. The lowest BCUT2D eigenvalue weighted by atomic mass is 9.96. The summed E-state index contributed by atoms with van der Waals surface area (Å²) in [6, 6.07) is 16.1. The predicted octanol–water partition coefficient (Wildman–Crippen LogP) is 3.85. The van der Waals surface area contributed by atoms with Gasteiger partial charge in [-0.15, -0.1) is 11.8 Å². The molecule has 3 aromatic carbocycles. The third-order valence-corrected chi connectivity index (χ3v) is 9.01. The van der Waals surface area contributed by atoms with Crippen molar-refractivity contribution in [3.05, 3.63) is 100 Å². The van der Waals surface area contributed by atoms with E-state index in [1.54, 1.807) is 25.1 Å². The van der Waals surface area contributed by atoms with Crippen molar-refractivity contribution in [3.8, 4) is 5.75 Å². The molecule has 1 fully saturated rings. The molecular formula is C32H36FN3O5S. The number of hydrogen-bond donors (Lipinski definition) is 4. The number of aromatic hydroxyl groups is 1. The first-order valence-corrected chi connectivity index (χ1v) is 14.7. The molecule has 0 spiro atoms. The Hall–Kier alpha value is -3.89. The number of rotatable bonds is 9. The Labute approximate surface area is 249 Å². The van der Waals surface area contributed by atoms with Gasteiger partial charge in [0.1, 0.15) is 17.6 Å². The standard InChI is InChI=1S/C32H36FN3O5S/c1-19-13-14-23(33)16-22(19)17-34-30(40)28-32(3,4)42-18-36(28)31(41)27(38)25(15-21-9-6-5-7-10-21)35-29(39)24-11-8-12-26(37)20(24)2/h5-14,16,25,27-28,37-38H,15,17-18H2,1-4H3,(H,34,40)(H,35,39)/t25-,27-,28+/m0/s1. The van der Waals surface area contributed by atoms with Crippen molar-refractivity contribution in [1.82, 2.24) is 15.5 Å². The van der Waals surface area contributed by atoms with Crippen LogP contribution < -0.4 is 10.6 Å². The van der Waals surface area contributed by atoms with Crippen LogP contribution in [0.3, 0.4) is 0 Å². The Morgan fingerprint density at radius 1 is 1.07 bits per heavy atom. The highest BCUT2D eigenvalue weighted by Gasteiger charge is 2.49. The average molecular weight is 594 g/mol. The van der Waals surface area contributed by atoms with Gasteiger partial charge in [-0.2, -0.15) is 0 Å². The fraction of sp³-hybridized carbons (Fsp3) is 0.344. The molecule has 0 unspecified atom stereocenters. The topological polar surface area (TPSA) is 119 Å². The summed E-state index contributed by atoms with van der Waals surface area (Å²) in [5, 5.41) is 27.1. The van der Waals surface area contributed by atoms with Gasteiger partial charge in [0.25, 0.3) is 11.8 Å². The quantitative estimate of drug-likeness (QED) is 0.299. The number of carbonyl (C=O) groups excluding carboxylic acids is 3. The summed E-state index contributed by atoms with van der Waals surface area (Å²) in [7, 11) is 0.